The molecule has 2 rings (SSSR count). The van der Waals surface area contributed by atoms with Gasteiger partial charge < -0.3 is 21.1 Å². The van der Waals surface area contributed by atoms with Gasteiger partial charge in [-0.2, -0.15) is 0 Å². The van der Waals surface area contributed by atoms with Crippen molar-refractivity contribution in [3.8, 4) is 0 Å². The van der Waals surface area contributed by atoms with Crippen LogP contribution >= 0.6 is 0 Å². The fraction of sp³-hybridized carbons (Fsp3) is 0.250. The van der Waals surface area contributed by atoms with Gasteiger partial charge in [0.1, 0.15) is 6.54 Å². The van der Waals surface area contributed by atoms with E-state index in [1.54, 1.807) is 24.3 Å². The molecule has 2 aromatic carbocycles. The molecule has 0 unspecified atom stereocenters. The van der Waals surface area contributed by atoms with E-state index in [4.69, 9.17) is 5.73 Å². The third kappa shape index (κ3) is 6.91. The summed E-state index contributed by atoms with van der Waals surface area (Å²) in [7, 11) is 1.26. The summed E-state index contributed by atoms with van der Waals surface area (Å²) in [6.07, 6.45) is 0.573. The number of rotatable bonds is 8. The number of methoxy groups -OCH3 is 1. The number of carbonyl (C=O) groups excluding carboxylic acids is 3. The van der Waals surface area contributed by atoms with E-state index in [1.165, 1.54) is 7.11 Å². The number of benzene rings is 2. The molecule has 0 aliphatic rings. The molecule has 0 radical (unpaired) electrons. The number of nitrogens with one attached hydrogen (secondary N) is 2. The molecule has 4 N–H and O–H groups in total. The predicted molar refractivity (Wildman–Crippen MR) is 102 cm³/mol. The molecule has 2 amide bonds. The number of nitrogens with two attached hydrogens (primary N) is 1. The van der Waals surface area contributed by atoms with Crippen LogP contribution in [0.4, 0.5) is 5.69 Å². The van der Waals surface area contributed by atoms with Crippen LogP contribution in [0.2, 0.25) is 0 Å². The normalized spacial score (nSPS) is 11.3. The van der Waals surface area contributed by atoms with E-state index in [0.29, 0.717) is 12.1 Å². The fourth-order valence-corrected chi connectivity index (χ4v) is 2.39. The third-order valence-electron chi connectivity index (χ3n) is 3.88. The molecule has 0 bridgehead atoms. The van der Waals surface area contributed by atoms with Gasteiger partial charge in [-0.1, -0.05) is 42.5 Å². The van der Waals surface area contributed by atoms with Crippen LogP contribution in [0.25, 0.3) is 0 Å². The molecule has 0 fully saturated rings. The molecule has 0 aromatic heterocycles. The van der Waals surface area contributed by atoms with Crippen LogP contribution in [0, 0.1) is 0 Å². The Hall–Kier alpha value is -3.19. The highest BCUT2D eigenvalue weighted by molar-refractivity contribution is 5.95. The van der Waals surface area contributed by atoms with Gasteiger partial charge in [-0.25, -0.2) is 0 Å². The second-order valence-corrected chi connectivity index (χ2v) is 6.01. The minimum absolute atomic E-state index is 0.124. The van der Waals surface area contributed by atoms with Gasteiger partial charge in [0.15, 0.2) is 0 Å². The Bertz CT molecular complexity index is 776. The van der Waals surface area contributed by atoms with Crippen molar-refractivity contribution in [2.24, 2.45) is 5.73 Å². The molecular weight excluding hydrogens is 346 g/mol. The van der Waals surface area contributed by atoms with Crippen LogP contribution in [0.15, 0.2) is 54.6 Å². The van der Waals surface area contributed by atoms with Gasteiger partial charge >= 0.3 is 5.97 Å². The van der Waals surface area contributed by atoms with E-state index in [0.717, 1.165) is 11.1 Å². The minimum atomic E-state index is -0.656. The largest absolute Gasteiger partial charge is 0.468 e. The van der Waals surface area contributed by atoms with Crippen LogP contribution in [0.1, 0.15) is 11.1 Å². The smallest absolute Gasteiger partial charge is 0.325 e. The third-order valence-corrected chi connectivity index (χ3v) is 3.88. The zero-order chi connectivity index (χ0) is 19.6. The molecule has 0 heterocycles. The first-order valence-electron chi connectivity index (χ1n) is 8.50. The van der Waals surface area contributed by atoms with Crippen LogP contribution in [-0.2, 0) is 32.0 Å². The number of carbonyl (C=O) groups is 3. The first-order chi connectivity index (χ1) is 13.0. The van der Waals surface area contributed by atoms with E-state index in [-0.39, 0.29) is 24.8 Å². The van der Waals surface area contributed by atoms with Gasteiger partial charge in [-0.05, 0) is 29.7 Å². The Labute approximate surface area is 157 Å². The van der Waals surface area contributed by atoms with Crippen LogP contribution < -0.4 is 16.4 Å². The summed E-state index contributed by atoms with van der Waals surface area (Å²) in [5.74, 6) is -1.07. The van der Waals surface area contributed by atoms with Crippen molar-refractivity contribution >= 4 is 23.5 Å². The van der Waals surface area contributed by atoms with Crippen LogP contribution in [-0.4, -0.2) is 37.5 Å². The topological polar surface area (TPSA) is 111 Å². The standard InChI is InChI=1S/C20H23N3O4/c1-27-19(25)13-22-18(24)12-15-7-9-16(10-8-15)23-20(26)17(21)11-14-5-3-2-4-6-14/h2-10,17H,11-13,21H2,1H3,(H,22,24)(H,23,26)/t17-/m0/s1. The Morgan fingerprint density at radius 2 is 1.67 bits per heavy atom. The SMILES string of the molecule is COC(=O)CNC(=O)Cc1ccc(NC(=O)[C@@H](N)Cc2ccccc2)cc1. The first kappa shape index (κ1) is 20.1. The van der Waals surface area contributed by atoms with E-state index in [1.807, 2.05) is 30.3 Å². The monoisotopic (exact) mass is 369 g/mol. The van der Waals surface area contributed by atoms with Gasteiger partial charge in [0.05, 0.1) is 19.6 Å². The van der Waals surface area contributed by atoms with E-state index < -0.39 is 12.0 Å². The maximum atomic E-state index is 12.2. The van der Waals surface area contributed by atoms with Crippen molar-refractivity contribution < 1.29 is 19.1 Å². The highest BCUT2D eigenvalue weighted by atomic mass is 16.5. The minimum Gasteiger partial charge on any atom is -0.468 e. The van der Waals surface area contributed by atoms with Crippen LogP contribution in [0.3, 0.4) is 0 Å². The zero-order valence-electron chi connectivity index (χ0n) is 15.1. The Morgan fingerprint density at radius 1 is 1.00 bits per heavy atom. The summed E-state index contributed by atoms with van der Waals surface area (Å²) in [4.78, 5) is 35.0. The molecule has 0 aliphatic heterocycles. The Balaban J connectivity index is 1.83. The number of esters is 1. The van der Waals surface area contributed by atoms with Gasteiger partial charge in [0, 0.05) is 5.69 Å². The summed E-state index contributed by atoms with van der Waals surface area (Å²) in [6, 6.07) is 15.8. The number of hydrogen-bond donors (Lipinski definition) is 3. The Morgan fingerprint density at radius 3 is 2.30 bits per heavy atom. The van der Waals surface area contributed by atoms with Crippen molar-refractivity contribution in [3.05, 3.63) is 65.7 Å². The predicted octanol–water partition coefficient (Wildman–Crippen LogP) is 1.03. The van der Waals surface area contributed by atoms with Gasteiger partial charge in [0.2, 0.25) is 11.8 Å². The van der Waals surface area contributed by atoms with Gasteiger partial charge in [-0.3, -0.25) is 14.4 Å². The highest BCUT2D eigenvalue weighted by Gasteiger charge is 2.14. The van der Waals surface area contributed by atoms with Crippen molar-refractivity contribution in [2.45, 2.75) is 18.9 Å². The molecule has 27 heavy (non-hydrogen) atoms. The Kier molecular flexibility index (Phi) is 7.51. The number of hydrogen-bond acceptors (Lipinski definition) is 5. The summed E-state index contributed by atoms with van der Waals surface area (Å²) >= 11 is 0. The fourth-order valence-electron chi connectivity index (χ4n) is 2.39. The molecule has 0 saturated heterocycles. The van der Waals surface area contributed by atoms with E-state index >= 15 is 0 Å². The molecule has 142 valence electrons. The van der Waals surface area contributed by atoms with Gasteiger partial charge in [0.25, 0.3) is 0 Å². The second kappa shape index (κ2) is 10.1. The first-order valence-corrected chi connectivity index (χ1v) is 8.50. The molecule has 2 aromatic rings. The number of anilines is 1. The zero-order valence-corrected chi connectivity index (χ0v) is 15.1. The van der Waals surface area contributed by atoms with Crippen LogP contribution in [0.5, 0.6) is 0 Å². The molecule has 7 heteroatoms. The lowest BCUT2D eigenvalue weighted by atomic mass is 10.1. The summed E-state index contributed by atoms with van der Waals surface area (Å²) < 4.78 is 4.46. The molecular formula is C20H23N3O4. The molecule has 0 aliphatic carbocycles. The summed E-state index contributed by atoms with van der Waals surface area (Å²) in [6.45, 7) is -0.164. The van der Waals surface area contributed by atoms with Crippen molar-refractivity contribution in [1.29, 1.82) is 0 Å². The van der Waals surface area contributed by atoms with Crippen molar-refractivity contribution in [3.63, 3.8) is 0 Å². The van der Waals surface area contributed by atoms with E-state index in [2.05, 4.69) is 15.4 Å². The summed E-state index contributed by atoms with van der Waals surface area (Å²) in [5, 5.41) is 5.23. The van der Waals surface area contributed by atoms with Crippen molar-refractivity contribution in [2.75, 3.05) is 19.0 Å². The van der Waals surface area contributed by atoms with Gasteiger partial charge in [-0.15, -0.1) is 0 Å². The number of amides is 2. The second-order valence-electron chi connectivity index (χ2n) is 6.01. The maximum Gasteiger partial charge on any atom is 0.325 e. The molecule has 0 spiro atoms. The average molecular weight is 369 g/mol. The van der Waals surface area contributed by atoms with Crippen molar-refractivity contribution in [1.82, 2.24) is 5.32 Å². The lowest BCUT2D eigenvalue weighted by molar-refractivity contribution is -0.141. The lowest BCUT2D eigenvalue weighted by Gasteiger charge is -2.13. The maximum absolute atomic E-state index is 12.2. The molecule has 7 nitrogen and oxygen atoms in total. The number of ether oxygens (including phenoxy) is 1. The quantitative estimate of drug-likeness (QED) is 0.602. The molecule has 0 saturated carbocycles. The molecule has 1 atom stereocenters. The lowest BCUT2D eigenvalue weighted by Crippen LogP contribution is -2.37. The van der Waals surface area contributed by atoms with E-state index in [9.17, 15) is 14.4 Å². The highest BCUT2D eigenvalue weighted by Crippen LogP contribution is 2.11. The summed E-state index contributed by atoms with van der Waals surface area (Å²) in [5.41, 5.74) is 8.31. The average Bonchev–Trinajstić information content (AvgIpc) is 2.68.